The van der Waals surface area contributed by atoms with E-state index in [1.807, 2.05) is 0 Å². The lowest BCUT2D eigenvalue weighted by atomic mass is 10.0. The van der Waals surface area contributed by atoms with Crippen LogP contribution in [0.1, 0.15) is 53.4 Å². The van der Waals surface area contributed by atoms with Crippen LogP contribution in [0.25, 0.3) is 0 Å². The second-order valence-electron chi connectivity index (χ2n) is 5.52. The van der Waals surface area contributed by atoms with Crippen LogP contribution in [0.4, 0.5) is 0 Å². The Bertz CT molecular complexity index is 508. The fraction of sp³-hybridized carbons (Fsp3) is 0.643. The number of carbonyl (C=O) groups excluding carboxylic acids is 2. The van der Waals surface area contributed by atoms with Gasteiger partial charge in [0.2, 0.25) is 5.91 Å². The molecular weight excluding hydrogens is 276 g/mol. The molecule has 20 heavy (non-hydrogen) atoms. The highest BCUT2D eigenvalue weighted by molar-refractivity contribution is 7.11. The highest BCUT2D eigenvalue weighted by Crippen LogP contribution is 2.36. The van der Waals surface area contributed by atoms with Crippen molar-refractivity contribution in [1.29, 1.82) is 0 Å². The average Bonchev–Trinajstić information content (AvgIpc) is 3.16. The number of nitrogens with one attached hydrogen (secondary N) is 1. The van der Waals surface area contributed by atoms with Gasteiger partial charge in [-0.15, -0.1) is 11.3 Å². The molecule has 0 radical (unpaired) electrons. The molecule has 2 heterocycles. The summed E-state index contributed by atoms with van der Waals surface area (Å²) in [4.78, 5) is 28.3. The van der Waals surface area contributed by atoms with Gasteiger partial charge in [0.1, 0.15) is 4.88 Å². The predicted molar refractivity (Wildman–Crippen MR) is 74.7 cm³/mol. The zero-order valence-corrected chi connectivity index (χ0v) is 12.1. The summed E-state index contributed by atoms with van der Waals surface area (Å²) in [5, 5.41) is 2.74. The number of carbonyl (C=O) groups is 2. The third-order valence-electron chi connectivity index (χ3n) is 4.03. The normalized spacial score (nSPS) is 23.0. The molecule has 5 nitrogen and oxygen atoms in total. The van der Waals surface area contributed by atoms with Crippen molar-refractivity contribution in [2.24, 2.45) is 5.92 Å². The topological polar surface area (TPSA) is 68.3 Å². The third-order valence-corrected chi connectivity index (χ3v) is 4.86. The van der Waals surface area contributed by atoms with Crippen LogP contribution >= 0.6 is 11.3 Å². The van der Waals surface area contributed by atoms with Gasteiger partial charge in [0.05, 0.1) is 17.8 Å². The van der Waals surface area contributed by atoms with Gasteiger partial charge in [-0.3, -0.25) is 4.79 Å². The maximum Gasteiger partial charge on any atom is 0.350 e. The molecule has 0 unspecified atom stereocenters. The number of amides is 1. The van der Waals surface area contributed by atoms with E-state index in [-0.39, 0.29) is 17.8 Å². The van der Waals surface area contributed by atoms with Gasteiger partial charge in [0.15, 0.2) is 0 Å². The molecule has 2 aliphatic rings. The van der Waals surface area contributed by atoms with Crippen molar-refractivity contribution in [2.45, 2.75) is 38.0 Å². The van der Waals surface area contributed by atoms with Crippen molar-refractivity contribution >= 4 is 23.2 Å². The fourth-order valence-corrected chi connectivity index (χ4v) is 3.71. The number of ether oxygens (including phenoxy) is 1. The van der Waals surface area contributed by atoms with Crippen molar-refractivity contribution in [3.8, 4) is 0 Å². The van der Waals surface area contributed by atoms with E-state index in [1.165, 1.54) is 24.2 Å². The Morgan fingerprint density at radius 1 is 1.45 bits per heavy atom. The number of nitrogens with zero attached hydrogens (tertiary/aromatic N) is 1. The van der Waals surface area contributed by atoms with Gasteiger partial charge in [0.25, 0.3) is 0 Å². The number of hydrogen-bond donors (Lipinski definition) is 1. The van der Waals surface area contributed by atoms with Gasteiger partial charge >= 0.3 is 5.97 Å². The Morgan fingerprint density at radius 3 is 2.95 bits per heavy atom. The average molecular weight is 294 g/mol. The molecule has 3 rings (SSSR count). The highest BCUT2D eigenvalue weighted by atomic mass is 32.1. The summed E-state index contributed by atoms with van der Waals surface area (Å²) in [6.07, 6.45) is 5.11. The van der Waals surface area contributed by atoms with Crippen molar-refractivity contribution in [3.05, 3.63) is 16.1 Å². The first-order valence-corrected chi connectivity index (χ1v) is 7.99. The van der Waals surface area contributed by atoms with E-state index < -0.39 is 0 Å². The van der Waals surface area contributed by atoms with E-state index in [0.717, 1.165) is 18.5 Å². The molecule has 1 saturated heterocycles. The van der Waals surface area contributed by atoms with Crippen LogP contribution < -0.4 is 5.32 Å². The highest BCUT2D eigenvalue weighted by Gasteiger charge is 2.27. The van der Waals surface area contributed by atoms with Crippen LogP contribution in [0.2, 0.25) is 0 Å². The van der Waals surface area contributed by atoms with Crippen LogP contribution in [0.15, 0.2) is 5.51 Å². The first-order valence-electron chi connectivity index (χ1n) is 7.11. The van der Waals surface area contributed by atoms with Gasteiger partial charge in [0, 0.05) is 24.8 Å². The molecule has 108 valence electrons. The molecule has 0 aromatic carbocycles. The Balaban J connectivity index is 1.59. The molecule has 6 heteroatoms. The summed E-state index contributed by atoms with van der Waals surface area (Å²) in [7, 11) is 0. The largest absolute Gasteiger partial charge is 0.461 e. The fourth-order valence-electron chi connectivity index (χ4n) is 2.94. The van der Waals surface area contributed by atoms with E-state index in [4.69, 9.17) is 4.74 Å². The molecule has 0 spiro atoms. The van der Waals surface area contributed by atoms with Crippen LogP contribution in [0, 0.1) is 5.92 Å². The minimum Gasteiger partial charge on any atom is -0.461 e. The Kier molecular flexibility index (Phi) is 4.00. The number of hydrogen-bond acceptors (Lipinski definition) is 5. The summed E-state index contributed by atoms with van der Waals surface area (Å²) < 4.78 is 5.36. The lowest BCUT2D eigenvalue weighted by Crippen LogP contribution is -2.18. The zero-order chi connectivity index (χ0) is 13.9. The Hall–Kier alpha value is -1.43. The van der Waals surface area contributed by atoms with Gasteiger partial charge in [-0.25, -0.2) is 9.78 Å². The number of thiazole rings is 1. The summed E-state index contributed by atoms with van der Waals surface area (Å²) in [6.45, 7) is 0.907. The molecular formula is C14H18N2O3S. The van der Waals surface area contributed by atoms with E-state index in [1.54, 1.807) is 5.51 Å². The summed E-state index contributed by atoms with van der Waals surface area (Å²) in [6, 6.07) is 0. The van der Waals surface area contributed by atoms with Crippen molar-refractivity contribution < 1.29 is 14.3 Å². The zero-order valence-electron chi connectivity index (χ0n) is 11.3. The monoisotopic (exact) mass is 294 g/mol. The lowest BCUT2D eigenvalue weighted by molar-refractivity contribution is -0.119. The number of aromatic nitrogens is 1. The predicted octanol–water partition coefficient (Wildman–Crippen LogP) is 2.09. The maximum atomic E-state index is 12.2. The third kappa shape index (κ3) is 2.85. The Morgan fingerprint density at radius 2 is 2.25 bits per heavy atom. The van der Waals surface area contributed by atoms with Crippen LogP contribution in [-0.2, 0) is 9.53 Å². The molecule has 0 bridgehead atoms. The first-order chi connectivity index (χ1) is 9.74. The maximum absolute atomic E-state index is 12.2. The SMILES string of the molecule is O=C1C[C@@H](COC(=O)c2scnc2C2CCCC2)CN1. The molecule has 1 aromatic rings. The van der Waals surface area contributed by atoms with Crippen molar-refractivity contribution in [3.63, 3.8) is 0 Å². The molecule has 1 atom stereocenters. The first kappa shape index (κ1) is 13.5. The molecule has 2 fully saturated rings. The van der Waals surface area contributed by atoms with Crippen molar-refractivity contribution in [2.75, 3.05) is 13.2 Å². The molecule has 1 saturated carbocycles. The van der Waals surface area contributed by atoms with Crippen molar-refractivity contribution in [1.82, 2.24) is 10.3 Å². The second kappa shape index (κ2) is 5.91. The minimum atomic E-state index is -0.284. The summed E-state index contributed by atoms with van der Waals surface area (Å²) in [5.41, 5.74) is 2.64. The van der Waals surface area contributed by atoms with Crippen LogP contribution in [0.3, 0.4) is 0 Å². The lowest BCUT2D eigenvalue weighted by Gasteiger charge is -2.10. The molecule has 1 aliphatic heterocycles. The smallest absolute Gasteiger partial charge is 0.350 e. The van der Waals surface area contributed by atoms with Gasteiger partial charge in [-0.1, -0.05) is 12.8 Å². The van der Waals surface area contributed by atoms with E-state index in [2.05, 4.69) is 10.3 Å². The molecule has 1 aliphatic carbocycles. The number of esters is 1. The summed E-state index contributed by atoms with van der Waals surface area (Å²) in [5.74, 6) is 0.275. The minimum absolute atomic E-state index is 0.0375. The molecule has 1 N–H and O–H groups in total. The Labute approximate surface area is 121 Å². The second-order valence-corrected chi connectivity index (χ2v) is 6.38. The van der Waals surface area contributed by atoms with Gasteiger partial charge < -0.3 is 10.1 Å². The molecule has 1 amide bonds. The number of rotatable bonds is 4. The quantitative estimate of drug-likeness (QED) is 0.863. The van der Waals surface area contributed by atoms with Gasteiger partial charge in [-0.05, 0) is 12.8 Å². The van der Waals surface area contributed by atoms with Crippen LogP contribution in [-0.4, -0.2) is 30.0 Å². The van der Waals surface area contributed by atoms with E-state index >= 15 is 0 Å². The van der Waals surface area contributed by atoms with Gasteiger partial charge in [-0.2, -0.15) is 0 Å². The standard InChI is InChI=1S/C14H18N2O3S/c17-11-5-9(6-15-11)7-19-14(18)13-12(16-8-20-13)10-3-1-2-4-10/h8-10H,1-7H2,(H,15,17)/t9-/m1/s1. The van der Waals surface area contributed by atoms with E-state index in [0.29, 0.717) is 30.4 Å². The summed E-state index contributed by atoms with van der Waals surface area (Å²) >= 11 is 1.36. The van der Waals surface area contributed by atoms with E-state index in [9.17, 15) is 9.59 Å². The molecule has 1 aromatic heterocycles. The van der Waals surface area contributed by atoms with Crippen LogP contribution in [0.5, 0.6) is 0 Å².